The summed E-state index contributed by atoms with van der Waals surface area (Å²) in [5.41, 5.74) is 5.60. The number of nitro benzene ring substituents is 1. The summed E-state index contributed by atoms with van der Waals surface area (Å²) in [6.07, 6.45) is 2.55. The highest BCUT2D eigenvalue weighted by molar-refractivity contribution is 6.04. The summed E-state index contributed by atoms with van der Waals surface area (Å²) in [7, 11) is 0. The van der Waals surface area contributed by atoms with Crippen LogP contribution in [0.25, 0.3) is 0 Å². The Balaban J connectivity index is 2.26. The largest absolute Gasteiger partial charge is 0.393 e. The van der Waals surface area contributed by atoms with Gasteiger partial charge in [-0.15, -0.1) is 0 Å². The van der Waals surface area contributed by atoms with Crippen LogP contribution in [0.5, 0.6) is 0 Å². The van der Waals surface area contributed by atoms with Crippen LogP contribution in [0.3, 0.4) is 0 Å². The number of anilines is 2. The number of nitrogens with zero attached hydrogens (tertiary/aromatic N) is 2. The number of amides is 1. The van der Waals surface area contributed by atoms with E-state index in [0.717, 1.165) is 6.07 Å². The highest BCUT2D eigenvalue weighted by atomic mass is 16.6. The van der Waals surface area contributed by atoms with Crippen LogP contribution < -0.4 is 11.1 Å². The molecule has 1 amide bonds. The molecule has 2 aromatic rings. The Kier molecular flexibility index (Phi) is 2.92. The van der Waals surface area contributed by atoms with Gasteiger partial charge in [0, 0.05) is 11.6 Å². The van der Waals surface area contributed by atoms with Gasteiger partial charge in [0.05, 0.1) is 11.1 Å². The van der Waals surface area contributed by atoms with Crippen molar-refractivity contribution in [1.29, 1.82) is 0 Å². The van der Waals surface area contributed by atoms with E-state index in [1.54, 1.807) is 0 Å². The molecule has 0 bridgehead atoms. The Labute approximate surface area is 101 Å². The Morgan fingerprint density at radius 1 is 1.50 bits per heavy atom. The quantitative estimate of drug-likeness (QED) is 0.480. The minimum absolute atomic E-state index is 0.00141. The van der Waals surface area contributed by atoms with Crippen molar-refractivity contribution < 1.29 is 14.2 Å². The average molecular weight is 248 g/mol. The molecule has 0 atom stereocenters. The van der Waals surface area contributed by atoms with Gasteiger partial charge in [-0.25, -0.2) is 0 Å². The van der Waals surface area contributed by atoms with Crippen molar-refractivity contribution in [3.63, 3.8) is 0 Å². The lowest BCUT2D eigenvalue weighted by atomic mass is 10.1. The number of aromatic nitrogens is 1. The van der Waals surface area contributed by atoms with Crippen LogP contribution in [0.4, 0.5) is 17.1 Å². The summed E-state index contributed by atoms with van der Waals surface area (Å²) in [5.74, 6) is -0.513. The van der Waals surface area contributed by atoms with Crippen LogP contribution in [-0.4, -0.2) is 16.0 Å². The maximum absolute atomic E-state index is 11.8. The maximum atomic E-state index is 11.8. The third-order valence-corrected chi connectivity index (χ3v) is 2.18. The second-order valence-corrected chi connectivity index (χ2v) is 3.40. The summed E-state index contributed by atoms with van der Waals surface area (Å²) in [5, 5.41) is 16.6. The van der Waals surface area contributed by atoms with Crippen molar-refractivity contribution in [1.82, 2.24) is 5.16 Å². The van der Waals surface area contributed by atoms with Crippen LogP contribution >= 0.6 is 0 Å². The van der Waals surface area contributed by atoms with Gasteiger partial charge in [0.2, 0.25) is 0 Å². The average Bonchev–Trinajstić information content (AvgIpc) is 2.81. The van der Waals surface area contributed by atoms with Crippen LogP contribution in [0.15, 0.2) is 35.2 Å². The maximum Gasteiger partial charge on any atom is 0.292 e. The zero-order valence-electron chi connectivity index (χ0n) is 8.99. The van der Waals surface area contributed by atoms with Crippen molar-refractivity contribution in [3.8, 4) is 0 Å². The molecule has 0 aliphatic carbocycles. The van der Waals surface area contributed by atoms with E-state index >= 15 is 0 Å². The van der Waals surface area contributed by atoms with E-state index in [1.807, 2.05) is 0 Å². The monoisotopic (exact) mass is 248 g/mol. The van der Waals surface area contributed by atoms with Gasteiger partial charge in [0.15, 0.2) is 0 Å². The lowest BCUT2D eigenvalue weighted by Gasteiger charge is -2.03. The molecule has 0 fully saturated rings. The van der Waals surface area contributed by atoms with Crippen LogP contribution in [0, 0.1) is 10.1 Å². The highest BCUT2D eigenvalue weighted by Gasteiger charge is 2.16. The summed E-state index contributed by atoms with van der Waals surface area (Å²) in [4.78, 5) is 21.8. The molecule has 1 aromatic heterocycles. The van der Waals surface area contributed by atoms with Crippen LogP contribution in [0.1, 0.15) is 10.4 Å². The number of carbonyl (C=O) groups is 1. The van der Waals surface area contributed by atoms with Gasteiger partial charge >= 0.3 is 0 Å². The first-order valence-corrected chi connectivity index (χ1v) is 4.82. The van der Waals surface area contributed by atoms with Crippen LogP contribution in [0.2, 0.25) is 0 Å². The first kappa shape index (κ1) is 11.6. The van der Waals surface area contributed by atoms with Crippen molar-refractivity contribution in [3.05, 3.63) is 46.3 Å². The number of hydrogen-bond donors (Lipinski definition) is 2. The SMILES string of the molecule is Nc1ccc(C(=O)Nc2cnoc2)cc1[N+](=O)[O-]. The minimum Gasteiger partial charge on any atom is -0.393 e. The Bertz CT molecular complexity index is 594. The van der Waals surface area contributed by atoms with Gasteiger partial charge in [0.25, 0.3) is 11.6 Å². The van der Waals surface area contributed by atoms with Gasteiger partial charge in [-0.2, -0.15) is 0 Å². The van der Waals surface area contributed by atoms with Crippen molar-refractivity contribution >= 4 is 23.0 Å². The van der Waals surface area contributed by atoms with Gasteiger partial charge in [-0.3, -0.25) is 14.9 Å². The number of benzene rings is 1. The molecule has 3 N–H and O–H groups in total. The molecule has 0 saturated heterocycles. The fourth-order valence-electron chi connectivity index (χ4n) is 1.31. The molecule has 8 nitrogen and oxygen atoms in total. The molecule has 0 saturated carbocycles. The fraction of sp³-hybridized carbons (Fsp3) is 0. The Hall–Kier alpha value is -2.90. The van der Waals surface area contributed by atoms with Gasteiger partial charge in [-0.1, -0.05) is 5.16 Å². The first-order valence-electron chi connectivity index (χ1n) is 4.82. The smallest absolute Gasteiger partial charge is 0.292 e. The second-order valence-electron chi connectivity index (χ2n) is 3.40. The molecular formula is C10H8N4O4. The van der Waals surface area contributed by atoms with Crippen molar-refractivity contribution in [2.45, 2.75) is 0 Å². The normalized spacial score (nSPS) is 10.0. The molecule has 0 aliphatic rings. The van der Waals surface area contributed by atoms with Gasteiger partial charge in [0.1, 0.15) is 17.6 Å². The first-order chi connectivity index (χ1) is 8.58. The molecule has 0 unspecified atom stereocenters. The number of nitrogens with two attached hydrogens (primary N) is 1. The summed E-state index contributed by atoms with van der Waals surface area (Å²) in [6, 6.07) is 3.81. The van der Waals surface area contributed by atoms with E-state index in [2.05, 4.69) is 15.0 Å². The number of carbonyl (C=O) groups excluding carboxylic acids is 1. The standard InChI is InChI=1S/C10H8N4O4/c11-8-2-1-6(3-9(8)14(16)17)10(15)13-7-4-12-18-5-7/h1-5H,11H2,(H,13,15). The summed E-state index contributed by atoms with van der Waals surface area (Å²) in [6.45, 7) is 0. The minimum atomic E-state index is -0.647. The Morgan fingerprint density at radius 2 is 2.28 bits per heavy atom. The molecule has 0 radical (unpaired) electrons. The van der Waals surface area contributed by atoms with Gasteiger partial charge < -0.3 is 15.6 Å². The van der Waals surface area contributed by atoms with E-state index in [0.29, 0.717) is 5.69 Å². The number of hydrogen-bond acceptors (Lipinski definition) is 6. The Morgan fingerprint density at radius 3 is 2.89 bits per heavy atom. The van der Waals surface area contributed by atoms with E-state index in [1.165, 1.54) is 24.6 Å². The summed E-state index contributed by atoms with van der Waals surface area (Å²) >= 11 is 0. The zero-order valence-corrected chi connectivity index (χ0v) is 8.99. The van der Waals surface area contributed by atoms with E-state index in [4.69, 9.17) is 5.73 Å². The lowest BCUT2D eigenvalue weighted by molar-refractivity contribution is -0.383. The van der Waals surface area contributed by atoms with E-state index < -0.39 is 10.8 Å². The van der Waals surface area contributed by atoms with E-state index in [9.17, 15) is 14.9 Å². The fourth-order valence-corrected chi connectivity index (χ4v) is 1.31. The molecule has 8 heteroatoms. The lowest BCUT2D eigenvalue weighted by Crippen LogP contribution is -2.12. The molecule has 92 valence electrons. The van der Waals surface area contributed by atoms with E-state index in [-0.39, 0.29) is 16.9 Å². The van der Waals surface area contributed by atoms with Gasteiger partial charge in [-0.05, 0) is 12.1 Å². The molecule has 1 aromatic carbocycles. The molecule has 0 spiro atoms. The number of nitrogen functional groups attached to an aromatic ring is 1. The molecule has 1 heterocycles. The zero-order chi connectivity index (χ0) is 13.1. The predicted octanol–water partition coefficient (Wildman–Crippen LogP) is 1.42. The predicted molar refractivity (Wildman–Crippen MR) is 62.0 cm³/mol. The number of nitrogens with one attached hydrogen (secondary N) is 1. The molecule has 2 rings (SSSR count). The molecule has 0 aliphatic heterocycles. The third kappa shape index (κ3) is 2.26. The second kappa shape index (κ2) is 4.53. The third-order valence-electron chi connectivity index (χ3n) is 2.18. The number of nitro groups is 1. The molecule has 18 heavy (non-hydrogen) atoms. The number of rotatable bonds is 3. The van der Waals surface area contributed by atoms with Crippen LogP contribution in [-0.2, 0) is 0 Å². The highest BCUT2D eigenvalue weighted by Crippen LogP contribution is 2.22. The summed E-state index contributed by atoms with van der Waals surface area (Å²) < 4.78 is 4.54. The van der Waals surface area contributed by atoms with Crippen molar-refractivity contribution in [2.24, 2.45) is 0 Å². The molecular weight excluding hydrogens is 240 g/mol. The topological polar surface area (TPSA) is 124 Å². The van der Waals surface area contributed by atoms with Crippen molar-refractivity contribution in [2.75, 3.05) is 11.1 Å².